The van der Waals surface area contributed by atoms with Crippen LogP contribution in [0.15, 0.2) is 77.8 Å². The fourth-order valence-electron chi connectivity index (χ4n) is 5.39. The summed E-state index contributed by atoms with van der Waals surface area (Å²) in [5.41, 5.74) is 10.9. The molecule has 0 spiro atoms. The molecule has 200 valence electrons. The second-order valence-electron chi connectivity index (χ2n) is 10.8. The van der Waals surface area contributed by atoms with Gasteiger partial charge in [-0.2, -0.15) is 5.48 Å². The smallest absolute Gasteiger partial charge is 0.143 e. The lowest BCUT2D eigenvalue weighted by Gasteiger charge is -2.16. The minimum absolute atomic E-state index is 0.0858. The highest BCUT2D eigenvalue weighted by Gasteiger charge is 2.43. The van der Waals surface area contributed by atoms with Gasteiger partial charge in [-0.1, -0.05) is 72.3 Å². The van der Waals surface area contributed by atoms with Crippen molar-refractivity contribution in [2.45, 2.75) is 76.5 Å². The summed E-state index contributed by atoms with van der Waals surface area (Å²) in [4.78, 5) is 11.1. The Bertz CT molecular complexity index is 1220. The average Bonchev–Trinajstić information content (AvgIpc) is 3.65. The molecule has 1 aliphatic carbocycles. The zero-order valence-electron chi connectivity index (χ0n) is 22.8. The Morgan fingerprint density at radius 3 is 2.29 bits per heavy atom. The summed E-state index contributed by atoms with van der Waals surface area (Å²) in [6.45, 7) is 8.00. The highest BCUT2D eigenvalue weighted by molar-refractivity contribution is 6.30. The van der Waals surface area contributed by atoms with Gasteiger partial charge in [0.05, 0.1) is 11.8 Å². The van der Waals surface area contributed by atoms with Gasteiger partial charge in [-0.25, -0.2) is 0 Å². The molecule has 0 bridgehead atoms. The third-order valence-corrected chi connectivity index (χ3v) is 8.29. The molecule has 38 heavy (non-hydrogen) atoms. The van der Waals surface area contributed by atoms with E-state index in [-0.39, 0.29) is 18.2 Å². The summed E-state index contributed by atoms with van der Waals surface area (Å²) in [6.07, 6.45) is 5.44. The first-order chi connectivity index (χ1) is 18.5. The van der Waals surface area contributed by atoms with Crippen LogP contribution in [0.3, 0.4) is 0 Å². The molecule has 1 N–H and O–H groups in total. The van der Waals surface area contributed by atoms with E-state index in [4.69, 9.17) is 26.2 Å². The number of hydroxylamine groups is 1. The molecule has 3 aromatic rings. The molecule has 1 saturated carbocycles. The van der Waals surface area contributed by atoms with Crippen LogP contribution in [0, 0.1) is 0 Å². The van der Waals surface area contributed by atoms with Crippen molar-refractivity contribution < 1.29 is 9.57 Å². The third kappa shape index (κ3) is 6.38. The molecule has 1 saturated heterocycles. The Hall–Kier alpha value is -2.50. The first kappa shape index (κ1) is 27.1. The monoisotopic (exact) mass is 530 g/mol. The Balaban J connectivity index is 1.23. The van der Waals surface area contributed by atoms with E-state index >= 15 is 0 Å². The van der Waals surface area contributed by atoms with Gasteiger partial charge in [-0.3, -0.25) is 9.83 Å². The van der Waals surface area contributed by atoms with Gasteiger partial charge in [0, 0.05) is 24.3 Å². The first-order valence-corrected chi connectivity index (χ1v) is 14.4. The van der Waals surface area contributed by atoms with Gasteiger partial charge in [0.1, 0.15) is 6.10 Å². The number of hydrogen-bond acceptors (Lipinski definition) is 4. The summed E-state index contributed by atoms with van der Waals surface area (Å²) in [6, 6.07) is 26.2. The Morgan fingerprint density at radius 2 is 1.66 bits per heavy atom. The first-order valence-electron chi connectivity index (χ1n) is 14.0. The molecule has 1 heterocycles. The highest BCUT2D eigenvalue weighted by Crippen LogP contribution is 2.51. The maximum absolute atomic E-state index is 6.02. The largest absolute Gasteiger partial charge is 0.382 e. The second kappa shape index (κ2) is 12.1. The molecule has 0 aromatic heterocycles. The van der Waals surface area contributed by atoms with Crippen LogP contribution in [-0.2, 0) is 21.4 Å². The molecule has 5 heteroatoms. The van der Waals surface area contributed by atoms with Crippen molar-refractivity contribution in [1.82, 2.24) is 5.48 Å². The van der Waals surface area contributed by atoms with E-state index in [9.17, 15) is 0 Å². The SMILES string of the molecule is CCOCCC1(c2ccc(-c3ccc(C4ONC(C)C4=NC(C)CCc4ccc(Cl)cc4)cc3)cc2)CC1. The molecule has 0 amide bonds. The van der Waals surface area contributed by atoms with E-state index in [0.29, 0.717) is 5.41 Å². The van der Waals surface area contributed by atoms with Crippen LogP contribution in [0.4, 0.5) is 0 Å². The molecule has 5 rings (SSSR count). The molecular formula is C33H39ClN2O2. The van der Waals surface area contributed by atoms with Crippen LogP contribution in [0.1, 0.15) is 69.2 Å². The predicted octanol–water partition coefficient (Wildman–Crippen LogP) is 7.89. The van der Waals surface area contributed by atoms with Crippen molar-refractivity contribution in [2.75, 3.05) is 13.2 Å². The molecule has 0 radical (unpaired) electrons. The Kier molecular flexibility index (Phi) is 8.64. The topological polar surface area (TPSA) is 42.9 Å². The second-order valence-corrected chi connectivity index (χ2v) is 11.3. The minimum Gasteiger partial charge on any atom is -0.382 e. The van der Waals surface area contributed by atoms with Crippen LogP contribution >= 0.6 is 11.6 Å². The quantitative estimate of drug-likeness (QED) is 0.256. The fourth-order valence-corrected chi connectivity index (χ4v) is 5.52. The van der Waals surface area contributed by atoms with Crippen molar-refractivity contribution in [2.24, 2.45) is 4.99 Å². The maximum atomic E-state index is 6.02. The van der Waals surface area contributed by atoms with Gasteiger partial charge >= 0.3 is 0 Å². The van der Waals surface area contributed by atoms with E-state index in [1.807, 2.05) is 12.1 Å². The summed E-state index contributed by atoms with van der Waals surface area (Å²) in [5.74, 6) is 0. The summed E-state index contributed by atoms with van der Waals surface area (Å²) in [7, 11) is 0. The molecule has 3 atom stereocenters. The minimum atomic E-state index is -0.167. The van der Waals surface area contributed by atoms with Crippen molar-refractivity contribution >= 4 is 17.3 Å². The Labute approximate surface area is 232 Å². The molecular weight excluding hydrogens is 492 g/mol. The lowest BCUT2D eigenvalue weighted by molar-refractivity contribution is 0.0364. The van der Waals surface area contributed by atoms with Crippen molar-refractivity contribution in [3.8, 4) is 11.1 Å². The number of aliphatic imine (C=N–C) groups is 1. The lowest BCUT2D eigenvalue weighted by atomic mass is 9.91. The lowest BCUT2D eigenvalue weighted by Crippen LogP contribution is -2.24. The number of hydrogen-bond donors (Lipinski definition) is 1. The predicted molar refractivity (Wildman–Crippen MR) is 157 cm³/mol. The average molecular weight is 531 g/mol. The van der Waals surface area contributed by atoms with Gasteiger partial charge in [0.15, 0.2) is 0 Å². The number of halogens is 1. The molecule has 3 aromatic carbocycles. The van der Waals surface area contributed by atoms with Crippen molar-refractivity contribution in [3.63, 3.8) is 0 Å². The Morgan fingerprint density at radius 1 is 1.00 bits per heavy atom. The van der Waals surface area contributed by atoms with Gasteiger partial charge in [0.2, 0.25) is 0 Å². The van der Waals surface area contributed by atoms with Crippen LogP contribution in [0.25, 0.3) is 11.1 Å². The van der Waals surface area contributed by atoms with Crippen LogP contribution in [0.2, 0.25) is 5.02 Å². The van der Waals surface area contributed by atoms with E-state index in [0.717, 1.165) is 48.8 Å². The number of nitrogens with one attached hydrogen (secondary N) is 1. The zero-order valence-corrected chi connectivity index (χ0v) is 23.5. The zero-order chi connectivity index (χ0) is 26.5. The van der Waals surface area contributed by atoms with Gasteiger partial charge < -0.3 is 4.74 Å². The maximum Gasteiger partial charge on any atom is 0.143 e. The van der Waals surface area contributed by atoms with Gasteiger partial charge in [-0.05, 0) is 98.2 Å². The van der Waals surface area contributed by atoms with E-state index in [1.165, 1.54) is 35.1 Å². The number of nitrogens with zero attached hydrogens (tertiary/aromatic N) is 1. The van der Waals surface area contributed by atoms with Crippen LogP contribution < -0.4 is 5.48 Å². The standard InChI is InChI=1S/C33H39ClN2O2/c1-4-37-22-21-33(19-20-33)29-15-13-27(14-16-29)26-9-11-28(12-10-26)32-31(24(3)36-38-32)35-23(2)5-6-25-7-17-30(34)18-8-25/h7-18,23-24,32,36H,4-6,19-22H2,1-3H3. The molecule has 2 aliphatic rings. The normalized spacial score (nSPS) is 22.1. The number of benzene rings is 3. The van der Waals surface area contributed by atoms with E-state index in [2.05, 4.69) is 86.9 Å². The van der Waals surface area contributed by atoms with Gasteiger partial charge in [-0.15, -0.1) is 0 Å². The van der Waals surface area contributed by atoms with Crippen molar-refractivity contribution in [1.29, 1.82) is 0 Å². The van der Waals surface area contributed by atoms with Crippen molar-refractivity contribution in [3.05, 3.63) is 94.5 Å². The third-order valence-electron chi connectivity index (χ3n) is 8.04. The number of rotatable bonds is 11. The molecule has 4 nitrogen and oxygen atoms in total. The number of ether oxygens (including phenoxy) is 1. The van der Waals surface area contributed by atoms with Crippen LogP contribution in [0.5, 0.6) is 0 Å². The molecule has 2 fully saturated rings. The highest BCUT2D eigenvalue weighted by atomic mass is 35.5. The van der Waals surface area contributed by atoms with Gasteiger partial charge in [0.25, 0.3) is 0 Å². The summed E-state index contributed by atoms with van der Waals surface area (Å²) < 4.78 is 5.62. The fraction of sp³-hybridized carbons (Fsp3) is 0.424. The van der Waals surface area contributed by atoms with Crippen LogP contribution in [-0.4, -0.2) is 31.0 Å². The summed E-state index contributed by atoms with van der Waals surface area (Å²) in [5, 5.41) is 0.774. The van der Waals surface area contributed by atoms with E-state index < -0.39 is 0 Å². The summed E-state index contributed by atoms with van der Waals surface area (Å²) >= 11 is 6.02. The molecule has 1 aliphatic heterocycles. The van der Waals surface area contributed by atoms with E-state index in [1.54, 1.807) is 0 Å². The molecule has 3 unspecified atom stereocenters. The number of aryl methyl sites for hydroxylation is 1.